The van der Waals surface area contributed by atoms with Crippen molar-refractivity contribution in [2.45, 2.75) is 31.5 Å². The number of carbonyl (C=O) groups excluding carboxylic acids is 1. The van der Waals surface area contributed by atoms with Crippen molar-refractivity contribution in [1.82, 2.24) is 5.32 Å². The first kappa shape index (κ1) is 15.2. The van der Waals surface area contributed by atoms with Crippen LogP contribution in [0.15, 0.2) is 22.7 Å². The van der Waals surface area contributed by atoms with Crippen LogP contribution in [0.1, 0.15) is 24.8 Å². The minimum atomic E-state index is -4.41. The van der Waals surface area contributed by atoms with Crippen LogP contribution in [0, 0.1) is 0 Å². The molecule has 1 saturated heterocycles. The molecule has 0 aromatic heterocycles. The molecular formula is C13H14BrF3N2O. The number of benzene rings is 1. The third-order valence-corrected chi connectivity index (χ3v) is 3.82. The van der Waals surface area contributed by atoms with Gasteiger partial charge in [-0.3, -0.25) is 4.79 Å². The van der Waals surface area contributed by atoms with Crippen LogP contribution in [-0.4, -0.2) is 18.5 Å². The maximum Gasteiger partial charge on any atom is 0.417 e. The summed E-state index contributed by atoms with van der Waals surface area (Å²) in [6.45, 7) is 0.616. The van der Waals surface area contributed by atoms with Gasteiger partial charge < -0.3 is 10.6 Å². The van der Waals surface area contributed by atoms with E-state index in [0.29, 0.717) is 12.2 Å². The summed E-state index contributed by atoms with van der Waals surface area (Å²) in [7, 11) is 0. The molecule has 1 aliphatic heterocycles. The van der Waals surface area contributed by atoms with Crippen LogP contribution >= 0.6 is 15.9 Å². The van der Waals surface area contributed by atoms with Crippen LogP contribution in [0.2, 0.25) is 0 Å². The lowest BCUT2D eigenvalue weighted by Gasteiger charge is -2.18. The molecule has 0 aliphatic carbocycles. The van der Waals surface area contributed by atoms with Crippen molar-refractivity contribution in [1.29, 1.82) is 0 Å². The molecule has 0 radical (unpaired) electrons. The summed E-state index contributed by atoms with van der Waals surface area (Å²) in [5.41, 5.74) is -0.346. The first-order chi connectivity index (χ1) is 9.36. The van der Waals surface area contributed by atoms with Gasteiger partial charge in [0.1, 0.15) is 0 Å². The molecular weight excluding hydrogens is 337 g/mol. The van der Waals surface area contributed by atoms with E-state index in [4.69, 9.17) is 0 Å². The van der Waals surface area contributed by atoms with E-state index in [1.54, 1.807) is 6.07 Å². The van der Waals surface area contributed by atoms with E-state index in [2.05, 4.69) is 26.6 Å². The van der Waals surface area contributed by atoms with E-state index in [1.165, 1.54) is 6.07 Å². The number of nitrogens with one attached hydrogen (secondary N) is 2. The van der Waals surface area contributed by atoms with E-state index in [1.807, 2.05) is 0 Å². The molecule has 1 fully saturated rings. The summed E-state index contributed by atoms with van der Waals surface area (Å²) in [6, 6.07) is 3.86. The third kappa shape index (κ3) is 3.88. The van der Waals surface area contributed by atoms with Crippen LogP contribution < -0.4 is 10.6 Å². The standard InChI is InChI=1S/C13H14BrF3N2O/c14-11-4-3-9(6-10(11)13(15,16)17)19-8-2-1-5-18-12(20)7-8/h3-4,6,8,19H,1-2,5,7H2,(H,18,20). The van der Waals surface area contributed by atoms with Gasteiger partial charge in [-0.05, 0) is 31.0 Å². The maximum atomic E-state index is 12.8. The summed E-state index contributed by atoms with van der Waals surface area (Å²) < 4.78 is 38.4. The molecule has 1 heterocycles. The number of carbonyl (C=O) groups is 1. The minimum absolute atomic E-state index is 0.00848. The molecule has 1 aromatic carbocycles. The summed E-state index contributed by atoms with van der Waals surface area (Å²) >= 11 is 2.90. The van der Waals surface area contributed by atoms with Crippen molar-refractivity contribution in [3.05, 3.63) is 28.2 Å². The average molecular weight is 351 g/mol. The summed E-state index contributed by atoms with van der Waals surface area (Å²) in [5.74, 6) is -0.0758. The van der Waals surface area contributed by atoms with Gasteiger partial charge in [0.15, 0.2) is 0 Å². The largest absolute Gasteiger partial charge is 0.417 e. The van der Waals surface area contributed by atoms with Crippen LogP contribution in [0.4, 0.5) is 18.9 Å². The molecule has 0 spiro atoms. The van der Waals surface area contributed by atoms with Crippen LogP contribution in [-0.2, 0) is 11.0 Å². The molecule has 0 bridgehead atoms. The highest BCUT2D eigenvalue weighted by Crippen LogP contribution is 2.36. The summed E-state index contributed by atoms with van der Waals surface area (Å²) in [4.78, 5) is 11.4. The topological polar surface area (TPSA) is 41.1 Å². The second-order valence-electron chi connectivity index (χ2n) is 4.73. The van der Waals surface area contributed by atoms with Crippen molar-refractivity contribution >= 4 is 27.5 Å². The smallest absolute Gasteiger partial charge is 0.382 e. The number of rotatable bonds is 2. The number of halogens is 4. The molecule has 110 valence electrons. The molecule has 2 rings (SSSR count). The molecule has 1 aliphatic rings. The lowest BCUT2D eigenvalue weighted by atomic mass is 10.1. The maximum absolute atomic E-state index is 12.8. The highest BCUT2D eigenvalue weighted by atomic mass is 79.9. The Morgan fingerprint density at radius 2 is 2.10 bits per heavy atom. The van der Waals surface area contributed by atoms with Gasteiger partial charge in [0.2, 0.25) is 5.91 Å². The lowest BCUT2D eigenvalue weighted by Crippen LogP contribution is -2.26. The molecule has 3 nitrogen and oxygen atoms in total. The molecule has 20 heavy (non-hydrogen) atoms. The number of hydrogen-bond acceptors (Lipinski definition) is 2. The van der Waals surface area contributed by atoms with Gasteiger partial charge in [0.25, 0.3) is 0 Å². The number of amides is 1. The molecule has 1 amide bonds. The second kappa shape index (κ2) is 6.03. The van der Waals surface area contributed by atoms with Crippen LogP contribution in [0.5, 0.6) is 0 Å². The van der Waals surface area contributed by atoms with Gasteiger partial charge in [0, 0.05) is 29.2 Å². The Balaban J connectivity index is 2.15. The summed E-state index contributed by atoms with van der Waals surface area (Å²) in [6.07, 6.45) is -2.57. The molecule has 1 atom stereocenters. The molecule has 7 heteroatoms. The first-order valence-corrected chi connectivity index (χ1v) is 7.05. The average Bonchev–Trinajstić information content (AvgIpc) is 2.55. The monoisotopic (exact) mass is 350 g/mol. The zero-order valence-electron chi connectivity index (χ0n) is 10.6. The van der Waals surface area contributed by atoms with Crippen molar-refractivity contribution in [3.63, 3.8) is 0 Å². The van der Waals surface area contributed by atoms with E-state index < -0.39 is 11.7 Å². The summed E-state index contributed by atoms with van der Waals surface area (Å²) in [5, 5.41) is 5.75. The highest BCUT2D eigenvalue weighted by molar-refractivity contribution is 9.10. The number of alkyl halides is 3. The van der Waals surface area contributed by atoms with Gasteiger partial charge in [-0.1, -0.05) is 15.9 Å². The van der Waals surface area contributed by atoms with Gasteiger partial charge in [-0.2, -0.15) is 13.2 Å². The number of anilines is 1. The van der Waals surface area contributed by atoms with Crippen LogP contribution in [0.25, 0.3) is 0 Å². The van der Waals surface area contributed by atoms with Crippen molar-refractivity contribution < 1.29 is 18.0 Å². The van der Waals surface area contributed by atoms with E-state index in [-0.39, 0.29) is 22.8 Å². The van der Waals surface area contributed by atoms with Crippen LogP contribution in [0.3, 0.4) is 0 Å². The fourth-order valence-corrected chi connectivity index (χ4v) is 2.64. The minimum Gasteiger partial charge on any atom is -0.382 e. The third-order valence-electron chi connectivity index (χ3n) is 3.13. The highest BCUT2D eigenvalue weighted by Gasteiger charge is 2.33. The SMILES string of the molecule is O=C1CC(Nc2ccc(Br)c(C(F)(F)F)c2)CCCN1. The molecule has 0 saturated carbocycles. The molecule has 1 aromatic rings. The van der Waals surface area contributed by atoms with Crippen molar-refractivity contribution in [2.24, 2.45) is 0 Å². The van der Waals surface area contributed by atoms with Gasteiger partial charge in [-0.25, -0.2) is 0 Å². The predicted octanol–water partition coefficient (Wildman–Crippen LogP) is 3.55. The van der Waals surface area contributed by atoms with Crippen molar-refractivity contribution in [2.75, 3.05) is 11.9 Å². The Bertz CT molecular complexity index is 505. The van der Waals surface area contributed by atoms with E-state index in [0.717, 1.165) is 18.9 Å². The predicted molar refractivity (Wildman–Crippen MR) is 73.4 cm³/mol. The normalized spacial score (nSPS) is 20.2. The van der Waals surface area contributed by atoms with Gasteiger partial charge >= 0.3 is 6.18 Å². The first-order valence-electron chi connectivity index (χ1n) is 6.26. The molecule has 1 unspecified atom stereocenters. The van der Waals surface area contributed by atoms with Crippen molar-refractivity contribution in [3.8, 4) is 0 Å². The zero-order chi connectivity index (χ0) is 14.8. The second-order valence-corrected chi connectivity index (χ2v) is 5.58. The Morgan fingerprint density at radius 3 is 2.80 bits per heavy atom. The zero-order valence-corrected chi connectivity index (χ0v) is 12.1. The fraction of sp³-hybridized carbons (Fsp3) is 0.462. The lowest BCUT2D eigenvalue weighted by molar-refractivity contribution is -0.138. The van der Waals surface area contributed by atoms with Gasteiger partial charge in [-0.15, -0.1) is 0 Å². The van der Waals surface area contributed by atoms with E-state index >= 15 is 0 Å². The Labute approximate surface area is 123 Å². The quantitative estimate of drug-likeness (QED) is 0.856. The Kier molecular flexibility index (Phi) is 4.57. The van der Waals surface area contributed by atoms with Gasteiger partial charge in [0.05, 0.1) is 5.56 Å². The Hall–Kier alpha value is -1.24. The van der Waals surface area contributed by atoms with E-state index in [9.17, 15) is 18.0 Å². The molecule has 2 N–H and O–H groups in total. The number of hydrogen-bond donors (Lipinski definition) is 2. The Morgan fingerprint density at radius 1 is 1.35 bits per heavy atom. The fourth-order valence-electron chi connectivity index (χ4n) is 2.17.